The van der Waals surface area contributed by atoms with Crippen LogP contribution in [-0.4, -0.2) is 8.07 Å². The zero-order valence-corrected chi connectivity index (χ0v) is 12.5. The zero-order chi connectivity index (χ0) is 13.6. The van der Waals surface area contributed by atoms with Crippen molar-refractivity contribution in [3.05, 3.63) is 78.9 Å². The first-order valence-electron chi connectivity index (χ1n) is 7.07. The van der Waals surface area contributed by atoms with Gasteiger partial charge in [-0.2, -0.15) is 0 Å². The van der Waals surface area contributed by atoms with Gasteiger partial charge in [-0.1, -0.05) is 85.4 Å². The molecule has 1 aliphatic rings. The van der Waals surface area contributed by atoms with Crippen molar-refractivity contribution < 1.29 is 0 Å². The normalized spacial score (nSPS) is 14.7. The van der Waals surface area contributed by atoms with Crippen molar-refractivity contribution in [2.75, 3.05) is 0 Å². The van der Waals surface area contributed by atoms with E-state index in [2.05, 4.69) is 85.4 Å². The van der Waals surface area contributed by atoms with Gasteiger partial charge in [0.05, 0.1) is 0 Å². The summed E-state index contributed by atoms with van der Waals surface area (Å²) in [7, 11) is -1.80. The number of hydrogen-bond donors (Lipinski definition) is 0. The second kappa shape index (κ2) is 4.19. The highest BCUT2D eigenvalue weighted by Crippen LogP contribution is 2.27. The third-order valence-corrected chi connectivity index (χ3v) is 9.09. The summed E-state index contributed by atoms with van der Waals surface area (Å²) in [6.07, 6.45) is 0. The van der Waals surface area contributed by atoms with Crippen LogP contribution in [-0.2, 0) is 0 Å². The molecule has 1 heteroatoms. The van der Waals surface area contributed by atoms with Crippen molar-refractivity contribution in [1.29, 1.82) is 0 Å². The second-order valence-corrected chi connectivity index (χ2v) is 9.49. The van der Waals surface area contributed by atoms with Gasteiger partial charge in [-0.15, -0.1) is 0 Å². The third kappa shape index (κ3) is 1.41. The average molecular weight is 272 g/mol. The zero-order valence-electron chi connectivity index (χ0n) is 11.5. The Labute approximate surface area is 120 Å². The summed E-state index contributed by atoms with van der Waals surface area (Å²) in [6.45, 7) is 2.48. The van der Waals surface area contributed by atoms with Crippen LogP contribution in [0.1, 0.15) is 0 Å². The largest absolute Gasteiger partial charge is 0.147 e. The predicted molar refractivity (Wildman–Crippen MR) is 88.8 cm³/mol. The molecule has 0 aromatic heterocycles. The van der Waals surface area contributed by atoms with Crippen molar-refractivity contribution in [3.8, 4) is 11.1 Å². The highest BCUT2D eigenvalue weighted by molar-refractivity contribution is 7.13. The van der Waals surface area contributed by atoms with Crippen molar-refractivity contribution in [1.82, 2.24) is 0 Å². The van der Waals surface area contributed by atoms with Gasteiger partial charge >= 0.3 is 0 Å². The van der Waals surface area contributed by atoms with Gasteiger partial charge in [-0.05, 0) is 26.7 Å². The molecule has 0 bridgehead atoms. The lowest BCUT2D eigenvalue weighted by Gasteiger charge is -2.25. The van der Waals surface area contributed by atoms with Crippen LogP contribution in [0, 0.1) is 0 Å². The summed E-state index contributed by atoms with van der Waals surface area (Å²) in [4.78, 5) is 0. The molecule has 3 aromatic rings. The lowest BCUT2D eigenvalue weighted by atomic mass is 10.1. The lowest BCUT2D eigenvalue weighted by molar-refractivity contribution is 1.71. The van der Waals surface area contributed by atoms with Gasteiger partial charge in [0.2, 0.25) is 0 Å². The molecule has 20 heavy (non-hydrogen) atoms. The van der Waals surface area contributed by atoms with Gasteiger partial charge in [0.1, 0.15) is 8.07 Å². The molecule has 0 saturated carbocycles. The molecular formula is C19H16Si. The van der Waals surface area contributed by atoms with E-state index in [9.17, 15) is 0 Å². The van der Waals surface area contributed by atoms with Crippen LogP contribution < -0.4 is 15.6 Å². The van der Waals surface area contributed by atoms with E-state index in [1.807, 2.05) is 0 Å². The Bertz CT molecular complexity index is 729. The van der Waals surface area contributed by atoms with Crippen LogP contribution in [0.15, 0.2) is 78.9 Å². The van der Waals surface area contributed by atoms with Gasteiger partial charge in [0.15, 0.2) is 0 Å². The van der Waals surface area contributed by atoms with Crippen LogP contribution in [0.5, 0.6) is 0 Å². The van der Waals surface area contributed by atoms with Crippen molar-refractivity contribution in [2.24, 2.45) is 0 Å². The van der Waals surface area contributed by atoms with E-state index in [1.54, 1.807) is 10.4 Å². The maximum absolute atomic E-state index is 2.48. The molecule has 3 aromatic carbocycles. The van der Waals surface area contributed by atoms with Gasteiger partial charge < -0.3 is 0 Å². The minimum absolute atomic E-state index is 1.43. The summed E-state index contributed by atoms with van der Waals surface area (Å²) < 4.78 is 0. The fourth-order valence-corrected chi connectivity index (χ4v) is 7.68. The van der Waals surface area contributed by atoms with Gasteiger partial charge in [-0.25, -0.2) is 0 Å². The summed E-state index contributed by atoms with van der Waals surface area (Å²) in [5.41, 5.74) is 2.86. The smallest absolute Gasteiger partial charge is 0.0624 e. The number of fused-ring (bicyclic) bond motifs is 3. The molecule has 0 radical (unpaired) electrons. The molecule has 1 aliphatic heterocycles. The summed E-state index contributed by atoms with van der Waals surface area (Å²) in [5.74, 6) is 0. The van der Waals surface area contributed by atoms with Crippen LogP contribution in [0.25, 0.3) is 11.1 Å². The Kier molecular flexibility index (Phi) is 2.45. The first kappa shape index (κ1) is 11.7. The van der Waals surface area contributed by atoms with Crippen LogP contribution >= 0.6 is 0 Å². The first-order valence-corrected chi connectivity index (χ1v) is 9.57. The first-order chi connectivity index (χ1) is 9.82. The lowest BCUT2D eigenvalue weighted by Crippen LogP contribution is -2.62. The maximum Gasteiger partial charge on any atom is 0.147 e. The Balaban J connectivity index is 2.10. The quantitative estimate of drug-likeness (QED) is 0.598. The molecule has 0 aliphatic carbocycles. The summed E-state index contributed by atoms with van der Waals surface area (Å²) >= 11 is 0. The highest BCUT2D eigenvalue weighted by atomic mass is 28.3. The Morgan fingerprint density at radius 2 is 1.00 bits per heavy atom. The molecule has 0 fully saturated rings. The molecular weight excluding hydrogens is 256 g/mol. The van der Waals surface area contributed by atoms with Crippen LogP contribution in [0.4, 0.5) is 0 Å². The Morgan fingerprint density at radius 3 is 1.55 bits per heavy atom. The van der Waals surface area contributed by atoms with E-state index in [0.717, 1.165) is 0 Å². The number of rotatable bonds is 1. The van der Waals surface area contributed by atoms with Crippen molar-refractivity contribution >= 4 is 23.6 Å². The molecule has 0 unspecified atom stereocenters. The minimum Gasteiger partial charge on any atom is -0.0624 e. The summed E-state index contributed by atoms with van der Waals surface area (Å²) in [6, 6.07) is 28.9. The molecule has 1 heterocycles. The van der Waals surface area contributed by atoms with Crippen LogP contribution in [0.2, 0.25) is 6.55 Å². The van der Waals surface area contributed by atoms with E-state index >= 15 is 0 Å². The molecule has 0 saturated heterocycles. The maximum atomic E-state index is 2.48. The third-order valence-electron chi connectivity index (χ3n) is 4.57. The Hall–Kier alpha value is -2.12. The Morgan fingerprint density at radius 1 is 0.550 bits per heavy atom. The minimum atomic E-state index is -1.80. The number of hydrogen-bond acceptors (Lipinski definition) is 0. The highest BCUT2D eigenvalue weighted by Gasteiger charge is 2.42. The number of benzene rings is 3. The standard InChI is InChI=1S/C19H16Si/c1-20(15-9-3-2-4-10-15)18-13-7-5-11-16(18)17-12-6-8-14-19(17)20/h2-14H,1H3. The molecule has 0 spiro atoms. The topological polar surface area (TPSA) is 0 Å². The van der Waals surface area contributed by atoms with Gasteiger partial charge in [-0.3, -0.25) is 0 Å². The molecule has 0 N–H and O–H groups in total. The monoisotopic (exact) mass is 272 g/mol. The van der Waals surface area contributed by atoms with Crippen molar-refractivity contribution in [3.63, 3.8) is 0 Å². The average Bonchev–Trinajstić information content (AvgIpc) is 2.80. The molecule has 4 rings (SSSR count). The van der Waals surface area contributed by atoms with Gasteiger partial charge in [0, 0.05) is 0 Å². The molecule has 0 amide bonds. The van der Waals surface area contributed by atoms with Crippen LogP contribution in [0.3, 0.4) is 0 Å². The van der Waals surface area contributed by atoms with E-state index < -0.39 is 8.07 Å². The molecule has 96 valence electrons. The van der Waals surface area contributed by atoms with E-state index in [0.29, 0.717) is 0 Å². The van der Waals surface area contributed by atoms with E-state index in [1.165, 1.54) is 16.3 Å². The van der Waals surface area contributed by atoms with Gasteiger partial charge in [0.25, 0.3) is 0 Å². The SMILES string of the molecule is C[Si]1(c2ccccc2)c2ccccc2-c2ccccc21. The summed E-state index contributed by atoms with van der Waals surface area (Å²) in [5, 5.41) is 4.59. The predicted octanol–water partition coefficient (Wildman–Crippen LogP) is 2.77. The van der Waals surface area contributed by atoms with E-state index in [-0.39, 0.29) is 0 Å². The van der Waals surface area contributed by atoms with E-state index in [4.69, 9.17) is 0 Å². The second-order valence-electron chi connectivity index (χ2n) is 5.58. The fourth-order valence-electron chi connectivity index (χ4n) is 3.54. The molecule has 0 atom stereocenters. The molecule has 0 nitrogen and oxygen atoms in total. The van der Waals surface area contributed by atoms with Crippen molar-refractivity contribution in [2.45, 2.75) is 6.55 Å². The fraction of sp³-hybridized carbons (Fsp3) is 0.0526.